The van der Waals surface area contributed by atoms with Gasteiger partial charge in [0.25, 0.3) is 0 Å². The lowest BCUT2D eigenvalue weighted by molar-refractivity contribution is -0.350. The summed E-state index contributed by atoms with van der Waals surface area (Å²) in [6.45, 7) is 0.381. The fraction of sp³-hybridized carbons (Fsp3) is 0.647. The van der Waals surface area contributed by atoms with Gasteiger partial charge in [0.2, 0.25) is 5.79 Å². The number of aliphatic hydroxyl groups excluding tert-OH is 3. The average Bonchev–Trinajstić information content (AvgIpc) is 2.73. The van der Waals surface area contributed by atoms with Gasteiger partial charge in [0.15, 0.2) is 0 Å². The van der Waals surface area contributed by atoms with E-state index in [9.17, 15) is 15.3 Å². The molecule has 2 heterocycles. The Morgan fingerprint density at radius 3 is 2.91 bits per heavy atom. The number of rotatable bonds is 3. The monoisotopic (exact) mass is 324 g/mol. The molecule has 1 aromatic rings. The van der Waals surface area contributed by atoms with Crippen LogP contribution in [0, 0.1) is 0 Å². The van der Waals surface area contributed by atoms with Crippen LogP contribution >= 0.6 is 0 Å². The van der Waals surface area contributed by atoms with Gasteiger partial charge in [0, 0.05) is 18.6 Å². The molecular weight excluding hydrogens is 300 g/mol. The zero-order valence-electron chi connectivity index (χ0n) is 13.3. The van der Waals surface area contributed by atoms with Crippen molar-refractivity contribution in [2.45, 2.75) is 49.8 Å². The Bertz CT molecular complexity index is 548. The van der Waals surface area contributed by atoms with Crippen molar-refractivity contribution in [3.05, 3.63) is 29.3 Å². The van der Waals surface area contributed by atoms with E-state index < -0.39 is 18.0 Å². The van der Waals surface area contributed by atoms with Crippen LogP contribution < -0.4 is 4.74 Å². The molecule has 2 aliphatic rings. The highest BCUT2D eigenvalue weighted by atomic mass is 16.7. The van der Waals surface area contributed by atoms with Crippen molar-refractivity contribution >= 4 is 0 Å². The summed E-state index contributed by atoms with van der Waals surface area (Å²) >= 11 is 0. The molecule has 6 nitrogen and oxygen atoms in total. The van der Waals surface area contributed by atoms with Crippen molar-refractivity contribution in [1.82, 2.24) is 0 Å². The predicted octanol–water partition coefficient (Wildman–Crippen LogP) is 0.704. The number of hydrogen-bond donors (Lipinski definition) is 3. The zero-order valence-corrected chi connectivity index (χ0v) is 13.3. The topological polar surface area (TPSA) is 88.4 Å². The smallest absolute Gasteiger partial charge is 0.224 e. The van der Waals surface area contributed by atoms with Gasteiger partial charge in [-0.05, 0) is 43.0 Å². The average molecular weight is 324 g/mol. The number of hydrogen-bond acceptors (Lipinski definition) is 6. The maximum Gasteiger partial charge on any atom is 0.224 e. The van der Waals surface area contributed by atoms with E-state index in [-0.39, 0.29) is 19.1 Å². The normalized spacial score (nSPS) is 34.0. The van der Waals surface area contributed by atoms with Crippen LogP contribution in [0.25, 0.3) is 0 Å². The van der Waals surface area contributed by atoms with Crippen molar-refractivity contribution in [2.24, 2.45) is 0 Å². The van der Waals surface area contributed by atoms with E-state index in [4.69, 9.17) is 14.2 Å². The maximum absolute atomic E-state index is 10.6. The quantitative estimate of drug-likeness (QED) is 0.759. The first-order valence-electron chi connectivity index (χ1n) is 8.07. The minimum atomic E-state index is -1.39. The van der Waals surface area contributed by atoms with Crippen LogP contribution in [0.3, 0.4) is 0 Å². The van der Waals surface area contributed by atoms with E-state index in [0.717, 1.165) is 29.7 Å². The number of fused-ring (bicyclic) bond motifs is 2. The Hall–Kier alpha value is -1.18. The molecule has 0 bridgehead atoms. The second-order valence-corrected chi connectivity index (χ2v) is 6.14. The van der Waals surface area contributed by atoms with Gasteiger partial charge in [0.1, 0.15) is 11.9 Å². The lowest BCUT2D eigenvalue weighted by Gasteiger charge is -2.46. The first-order chi connectivity index (χ1) is 11.1. The second kappa shape index (κ2) is 6.75. The molecule has 0 unspecified atom stereocenters. The molecule has 23 heavy (non-hydrogen) atoms. The van der Waals surface area contributed by atoms with Gasteiger partial charge in [0.05, 0.1) is 25.9 Å². The van der Waals surface area contributed by atoms with E-state index in [1.165, 1.54) is 0 Å². The summed E-state index contributed by atoms with van der Waals surface area (Å²) in [5.74, 6) is -0.658. The summed E-state index contributed by atoms with van der Waals surface area (Å²) in [5, 5.41) is 30.1. The molecule has 4 atom stereocenters. The summed E-state index contributed by atoms with van der Waals surface area (Å²) in [7, 11) is 1.61. The number of aliphatic hydroxyl groups is 3. The minimum Gasteiger partial charge on any atom is -0.497 e. The molecule has 3 rings (SSSR count). The van der Waals surface area contributed by atoms with Gasteiger partial charge in [-0.2, -0.15) is 0 Å². The summed E-state index contributed by atoms with van der Waals surface area (Å²) in [6, 6.07) is 5.55. The fourth-order valence-corrected chi connectivity index (χ4v) is 3.49. The van der Waals surface area contributed by atoms with E-state index in [0.29, 0.717) is 13.0 Å². The van der Waals surface area contributed by atoms with Crippen LogP contribution in [0.15, 0.2) is 18.2 Å². The lowest BCUT2D eigenvalue weighted by Crippen LogP contribution is -2.57. The minimum absolute atomic E-state index is 0.0426. The number of ether oxygens (including phenoxy) is 3. The van der Waals surface area contributed by atoms with E-state index in [2.05, 4.69) is 0 Å². The van der Waals surface area contributed by atoms with Crippen molar-refractivity contribution in [3.8, 4) is 5.75 Å². The molecule has 1 fully saturated rings. The maximum atomic E-state index is 10.6. The van der Waals surface area contributed by atoms with Gasteiger partial charge in [-0.1, -0.05) is 0 Å². The van der Waals surface area contributed by atoms with Gasteiger partial charge >= 0.3 is 0 Å². The molecule has 6 heteroatoms. The van der Waals surface area contributed by atoms with E-state index in [1.54, 1.807) is 13.2 Å². The van der Waals surface area contributed by atoms with Crippen LogP contribution in [0.5, 0.6) is 5.75 Å². The predicted molar refractivity (Wildman–Crippen MR) is 82.2 cm³/mol. The molecule has 1 aromatic carbocycles. The van der Waals surface area contributed by atoms with Crippen LogP contribution in [-0.4, -0.2) is 54.0 Å². The number of aryl methyl sites for hydroxylation is 1. The zero-order chi connectivity index (χ0) is 16.4. The third-order valence-electron chi connectivity index (χ3n) is 4.65. The summed E-state index contributed by atoms with van der Waals surface area (Å²) < 4.78 is 17.3. The summed E-state index contributed by atoms with van der Waals surface area (Å²) in [4.78, 5) is 0. The molecule has 1 spiro atoms. The molecule has 128 valence electrons. The Balaban J connectivity index is 2.05. The second-order valence-electron chi connectivity index (χ2n) is 6.14. The Kier molecular flexibility index (Phi) is 4.89. The third-order valence-corrected chi connectivity index (χ3v) is 4.65. The molecule has 1 saturated heterocycles. The Morgan fingerprint density at radius 1 is 1.35 bits per heavy atom. The summed E-state index contributed by atoms with van der Waals surface area (Å²) in [6.07, 6.45) is -0.273. The first kappa shape index (κ1) is 16.7. The van der Waals surface area contributed by atoms with Crippen molar-refractivity contribution in [1.29, 1.82) is 0 Å². The van der Waals surface area contributed by atoms with Crippen molar-refractivity contribution in [2.75, 3.05) is 20.3 Å². The van der Waals surface area contributed by atoms with E-state index >= 15 is 0 Å². The molecule has 2 aliphatic heterocycles. The highest BCUT2D eigenvalue weighted by molar-refractivity contribution is 5.40. The van der Waals surface area contributed by atoms with Crippen molar-refractivity contribution in [3.63, 3.8) is 0 Å². The molecule has 0 amide bonds. The van der Waals surface area contributed by atoms with Gasteiger partial charge in [-0.3, -0.25) is 0 Å². The van der Waals surface area contributed by atoms with Crippen LogP contribution in [0.2, 0.25) is 0 Å². The fourth-order valence-electron chi connectivity index (χ4n) is 3.49. The lowest BCUT2D eigenvalue weighted by atomic mass is 9.86. The van der Waals surface area contributed by atoms with Gasteiger partial charge in [-0.15, -0.1) is 0 Å². The first-order valence-corrected chi connectivity index (χ1v) is 8.07. The molecular formula is C17H24O6. The Labute approximate surface area is 135 Å². The number of benzene rings is 1. The molecule has 0 saturated carbocycles. The molecule has 0 radical (unpaired) electrons. The highest BCUT2D eigenvalue weighted by Gasteiger charge is 2.53. The van der Waals surface area contributed by atoms with Crippen LogP contribution in [0.4, 0.5) is 0 Å². The Morgan fingerprint density at radius 2 is 2.17 bits per heavy atom. The number of methoxy groups -OCH3 is 1. The summed E-state index contributed by atoms with van der Waals surface area (Å²) in [5.41, 5.74) is 1.71. The molecule has 0 aliphatic carbocycles. The van der Waals surface area contributed by atoms with E-state index in [1.807, 2.05) is 12.1 Å². The highest BCUT2D eigenvalue weighted by Crippen LogP contribution is 2.44. The third kappa shape index (κ3) is 2.97. The standard InChI is InChI=1S/C17H24O6/c1-21-12-4-5-14-11(9-12)3-2-8-22-17(14)16(20)15(19)10-13(23-17)6-7-18/h4-5,9,13,15-16,18-20H,2-3,6-8,10H2,1H3/t13-,15+,16-,17+/m1/s1. The SMILES string of the molecule is COc1ccc2c(c1)CCCO[C@]21O[C@H](CCO)C[C@H](O)[C@H]1O. The molecule has 3 N–H and O–H groups in total. The largest absolute Gasteiger partial charge is 0.497 e. The van der Waals surface area contributed by atoms with Crippen molar-refractivity contribution < 1.29 is 29.5 Å². The van der Waals surface area contributed by atoms with Crippen LogP contribution in [-0.2, 0) is 21.7 Å². The van der Waals surface area contributed by atoms with Gasteiger partial charge < -0.3 is 29.5 Å². The molecule has 0 aromatic heterocycles. The van der Waals surface area contributed by atoms with Gasteiger partial charge in [-0.25, -0.2) is 0 Å². The van der Waals surface area contributed by atoms with Crippen LogP contribution in [0.1, 0.15) is 30.4 Å².